The summed E-state index contributed by atoms with van der Waals surface area (Å²) < 4.78 is 5.69. The number of fused-ring (bicyclic) bond motifs is 1. The Kier molecular flexibility index (Phi) is 6.11. The molecule has 1 aromatic heterocycles. The van der Waals surface area contributed by atoms with Gasteiger partial charge in [0.05, 0.1) is 6.10 Å². The van der Waals surface area contributed by atoms with Gasteiger partial charge in [-0.3, -0.25) is 9.59 Å². The number of nitrogens with one attached hydrogen (secondary N) is 1. The predicted octanol–water partition coefficient (Wildman–Crippen LogP) is 3.14. The van der Waals surface area contributed by atoms with Crippen molar-refractivity contribution in [2.75, 3.05) is 6.54 Å². The lowest BCUT2D eigenvalue weighted by molar-refractivity contribution is -0.132. The molecule has 2 aromatic carbocycles. The van der Waals surface area contributed by atoms with E-state index >= 15 is 0 Å². The molecule has 1 aliphatic rings. The molecule has 0 saturated carbocycles. The van der Waals surface area contributed by atoms with E-state index in [0.717, 1.165) is 12.0 Å². The highest BCUT2D eigenvalue weighted by molar-refractivity contribution is 5.76. The van der Waals surface area contributed by atoms with Crippen LogP contribution in [-0.2, 0) is 24.2 Å². The number of H-pyrrole nitrogens is 1. The number of nitrogens with zero attached hydrogens (tertiary/aromatic N) is 3. The van der Waals surface area contributed by atoms with Gasteiger partial charge in [-0.15, -0.1) is 10.2 Å². The number of hydrogen-bond acceptors (Lipinski definition) is 5. The average Bonchev–Trinajstić information content (AvgIpc) is 2.77. The molecule has 0 bridgehead atoms. The van der Waals surface area contributed by atoms with Crippen molar-refractivity contribution in [3.63, 3.8) is 0 Å². The van der Waals surface area contributed by atoms with E-state index in [4.69, 9.17) is 4.74 Å². The summed E-state index contributed by atoms with van der Waals surface area (Å²) in [6, 6.07) is 15.5. The van der Waals surface area contributed by atoms with Gasteiger partial charge in [0.15, 0.2) is 5.82 Å². The fourth-order valence-corrected chi connectivity index (χ4v) is 3.73. The predicted molar refractivity (Wildman–Crippen MR) is 118 cm³/mol. The van der Waals surface area contributed by atoms with Crippen molar-refractivity contribution in [3.8, 4) is 17.1 Å². The van der Waals surface area contributed by atoms with E-state index in [2.05, 4.69) is 27.3 Å². The van der Waals surface area contributed by atoms with Gasteiger partial charge in [-0.05, 0) is 43.5 Å². The minimum absolute atomic E-state index is 0.0262. The largest absolute Gasteiger partial charge is 0.491 e. The third-order valence-electron chi connectivity index (χ3n) is 5.30. The van der Waals surface area contributed by atoms with Gasteiger partial charge >= 0.3 is 0 Å². The molecule has 0 radical (unpaired) electrons. The number of aromatic nitrogens is 3. The Morgan fingerprint density at radius 1 is 1.13 bits per heavy atom. The second-order valence-electron chi connectivity index (χ2n) is 7.98. The second-order valence-corrected chi connectivity index (χ2v) is 7.98. The number of carbonyl (C=O) groups excluding carboxylic acids is 1. The zero-order valence-corrected chi connectivity index (χ0v) is 17.8. The normalized spacial score (nSPS) is 13.2. The number of aromatic amines is 1. The van der Waals surface area contributed by atoms with Crippen molar-refractivity contribution >= 4 is 5.91 Å². The molecule has 2 heterocycles. The molecule has 7 heteroatoms. The van der Waals surface area contributed by atoms with Crippen LogP contribution in [0, 0.1) is 0 Å². The molecule has 1 amide bonds. The Morgan fingerprint density at radius 3 is 2.71 bits per heavy atom. The molecule has 1 aliphatic heterocycles. The Bertz CT molecular complexity index is 1140. The summed E-state index contributed by atoms with van der Waals surface area (Å²) in [4.78, 5) is 29.8. The van der Waals surface area contributed by atoms with Crippen LogP contribution >= 0.6 is 0 Å². The number of benzene rings is 2. The van der Waals surface area contributed by atoms with Crippen molar-refractivity contribution in [2.45, 2.75) is 45.8 Å². The quantitative estimate of drug-likeness (QED) is 0.664. The van der Waals surface area contributed by atoms with Crippen LogP contribution < -0.4 is 10.3 Å². The van der Waals surface area contributed by atoms with E-state index < -0.39 is 0 Å². The van der Waals surface area contributed by atoms with Crippen LogP contribution in [0.15, 0.2) is 53.3 Å². The van der Waals surface area contributed by atoms with E-state index in [1.165, 1.54) is 11.1 Å². The topological polar surface area (TPSA) is 88.2 Å². The molecule has 31 heavy (non-hydrogen) atoms. The minimum atomic E-state index is -0.322. The molecule has 0 spiro atoms. The summed E-state index contributed by atoms with van der Waals surface area (Å²) in [5.41, 5.74) is 3.15. The fraction of sp³-hybridized carbons (Fsp3) is 0.333. The molecular weight excluding hydrogens is 392 g/mol. The summed E-state index contributed by atoms with van der Waals surface area (Å²) in [5, 5.41) is 8.26. The number of hydrogen-bond donors (Lipinski definition) is 1. The minimum Gasteiger partial charge on any atom is -0.491 e. The van der Waals surface area contributed by atoms with Crippen molar-refractivity contribution in [2.24, 2.45) is 0 Å². The number of ether oxygens (including phenoxy) is 1. The monoisotopic (exact) mass is 418 g/mol. The number of aryl methyl sites for hydroxylation is 1. The highest BCUT2D eigenvalue weighted by atomic mass is 16.5. The van der Waals surface area contributed by atoms with Crippen molar-refractivity contribution in [3.05, 3.63) is 75.7 Å². The molecule has 0 aliphatic carbocycles. The third-order valence-corrected chi connectivity index (χ3v) is 5.30. The van der Waals surface area contributed by atoms with Gasteiger partial charge in [0.25, 0.3) is 5.56 Å². The van der Waals surface area contributed by atoms with Gasteiger partial charge in [-0.2, -0.15) is 0 Å². The van der Waals surface area contributed by atoms with Gasteiger partial charge in [0.2, 0.25) is 5.91 Å². The molecule has 3 aromatic rings. The molecular formula is C24H26N4O3. The molecule has 7 nitrogen and oxygen atoms in total. The lowest BCUT2D eigenvalue weighted by Gasteiger charge is -2.28. The molecule has 0 atom stereocenters. The third kappa shape index (κ3) is 4.99. The first-order valence-electron chi connectivity index (χ1n) is 10.6. The molecule has 0 fully saturated rings. The smallest absolute Gasteiger partial charge is 0.273 e. The zero-order chi connectivity index (χ0) is 21.8. The van der Waals surface area contributed by atoms with Crippen LogP contribution in [0.25, 0.3) is 11.4 Å². The molecule has 1 N–H and O–H groups in total. The van der Waals surface area contributed by atoms with Gasteiger partial charge < -0.3 is 14.6 Å². The Labute approximate surface area is 181 Å². The molecule has 0 unspecified atom stereocenters. The van der Waals surface area contributed by atoms with Crippen molar-refractivity contribution < 1.29 is 9.53 Å². The summed E-state index contributed by atoms with van der Waals surface area (Å²) in [6.07, 6.45) is 1.40. The van der Waals surface area contributed by atoms with Crippen molar-refractivity contribution in [1.29, 1.82) is 0 Å². The van der Waals surface area contributed by atoms with Crippen LogP contribution in [0.2, 0.25) is 0 Å². The van der Waals surface area contributed by atoms with E-state index in [-0.39, 0.29) is 36.1 Å². The highest BCUT2D eigenvalue weighted by Gasteiger charge is 2.20. The van der Waals surface area contributed by atoms with E-state index in [9.17, 15) is 9.59 Å². The first-order chi connectivity index (χ1) is 15.0. The maximum absolute atomic E-state index is 12.7. The number of rotatable bonds is 6. The lowest BCUT2D eigenvalue weighted by Crippen LogP contribution is -2.36. The highest BCUT2D eigenvalue weighted by Crippen LogP contribution is 2.21. The van der Waals surface area contributed by atoms with Crippen LogP contribution in [0.3, 0.4) is 0 Å². The SMILES string of the molecule is CC(C)Oc1cccc(-c2nnc(CCC(=O)N3CCc4ccccc4C3)c(=O)[nH]2)c1. The molecule has 160 valence electrons. The van der Waals surface area contributed by atoms with Gasteiger partial charge in [0.1, 0.15) is 11.4 Å². The van der Waals surface area contributed by atoms with Gasteiger partial charge in [-0.25, -0.2) is 0 Å². The Morgan fingerprint density at radius 2 is 1.94 bits per heavy atom. The van der Waals surface area contributed by atoms with E-state index in [1.807, 2.05) is 55.1 Å². The van der Waals surface area contributed by atoms with Crippen LogP contribution in [-0.4, -0.2) is 38.6 Å². The zero-order valence-electron chi connectivity index (χ0n) is 17.8. The summed E-state index contributed by atoms with van der Waals surface area (Å²) in [7, 11) is 0. The summed E-state index contributed by atoms with van der Waals surface area (Å²) in [6.45, 7) is 5.22. The number of amides is 1. The van der Waals surface area contributed by atoms with E-state index in [0.29, 0.717) is 24.7 Å². The van der Waals surface area contributed by atoms with Gasteiger partial charge in [0, 0.05) is 31.5 Å². The van der Waals surface area contributed by atoms with Crippen LogP contribution in [0.4, 0.5) is 0 Å². The maximum atomic E-state index is 12.7. The fourth-order valence-electron chi connectivity index (χ4n) is 3.73. The van der Waals surface area contributed by atoms with E-state index in [1.54, 1.807) is 0 Å². The maximum Gasteiger partial charge on any atom is 0.273 e. The first kappa shape index (κ1) is 20.8. The van der Waals surface area contributed by atoms with Crippen molar-refractivity contribution in [1.82, 2.24) is 20.1 Å². The second kappa shape index (κ2) is 9.12. The number of carbonyl (C=O) groups is 1. The molecule has 0 saturated heterocycles. The van der Waals surface area contributed by atoms with Gasteiger partial charge in [-0.1, -0.05) is 36.4 Å². The average molecular weight is 418 g/mol. The standard InChI is InChI=1S/C24H26N4O3/c1-16(2)31-20-9-5-8-18(14-20)23-25-24(30)21(26-27-23)10-11-22(29)28-13-12-17-6-3-4-7-19(17)15-28/h3-9,14,16H,10-13,15H2,1-2H3,(H,25,27,30). The Balaban J connectivity index is 1.40. The lowest BCUT2D eigenvalue weighted by atomic mass is 9.99. The Hall–Kier alpha value is -3.48. The van der Waals surface area contributed by atoms with Crippen LogP contribution in [0.1, 0.15) is 37.1 Å². The summed E-state index contributed by atoms with van der Waals surface area (Å²) >= 11 is 0. The molecule has 4 rings (SSSR count). The first-order valence-corrected chi connectivity index (χ1v) is 10.6. The summed E-state index contributed by atoms with van der Waals surface area (Å²) in [5.74, 6) is 1.10. The van der Waals surface area contributed by atoms with Crippen LogP contribution in [0.5, 0.6) is 5.75 Å².